The summed E-state index contributed by atoms with van der Waals surface area (Å²) in [5, 5.41) is 7.19. The van der Waals surface area contributed by atoms with Crippen molar-refractivity contribution in [1.82, 2.24) is 15.5 Å². The molecule has 0 unspecified atom stereocenters. The number of hydrogen-bond donors (Lipinski definition) is 1. The van der Waals surface area contributed by atoms with Gasteiger partial charge in [-0.05, 0) is 19.4 Å². The Morgan fingerprint density at radius 3 is 2.84 bits per heavy atom. The van der Waals surface area contributed by atoms with E-state index in [0.717, 1.165) is 24.2 Å². The fourth-order valence-electron chi connectivity index (χ4n) is 2.06. The van der Waals surface area contributed by atoms with Gasteiger partial charge in [0.05, 0.1) is 5.60 Å². The predicted molar refractivity (Wildman–Crippen MR) is 70.5 cm³/mol. The van der Waals surface area contributed by atoms with Crippen LogP contribution in [0.25, 0.3) is 11.4 Å². The summed E-state index contributed by atoms with van der Waals surface area (Å²) in [6, 6.07) is 7.98. The van der Waals surface area contributed by atoms with Crippen molar-refractivity contribution in [1.29, 1.82) is 0 Å². The van der Waals surface area contributed by atoms with Crippen LogP contribution >= 0.6 is 0 Å². The van der Waals surface area contributed by atoms with Crippen molar-refractivity contribution < 1.29 is 9.26 Å². The maximum absolute atomic E-state index is 5.77. The van der Waals surface area contributed by atoms with Crippen LogP contribution in [-0.2, 0) is 11.3 Å². The normalized spacial score (nSPS) is 17.2. The van der Waals surface area contributed by atoms with E-state index in [4.69, 9.17) is 9.26 Å². The lowest BCUT2D eigenvalue weighted by molar-refractivity contribution is -0.0841. The standard InChI is InChI=1S/C14H17N3O2/c1-10-5-3-4-6-11(10)13-16-12(19-17-13)7-18-14(2)8-15-9-14/h3-6,15H,7-9H2,1-2H3. The van der Waals surface area contributed by atoms with Crippen LogP contribution in [0.1, 0.15) is 18.4 Å². The summed E-state index contributed by atoms with van der Waals surface area (Å²) in [5.41, 5.74) is 2.03. The van der Waals surface area contributed by atoms with Gasteiger partial charge in [-0.3, -0.25) is 0 Å². The summed E-state index contributed by atoms with van der Waals surface area (Å²) in [6.07, 6.45) is 0. The first kappa shape index (κ1) is 12.3. The van der Waals surface area contributed by atoms with E-state index >= 15 is 0 Å². The molecule has 0 atom stereocenters. The molecule has 0 spiro atoms. The Morgan fingerprint density at radius 2 is 2.16 bits per heavy atom. The molecule has 0 radical (unpaired) electrons. The fraction of sp³-hybridized carbons (Fsp3) is 0.429. The molecule has 5 heteroatoms. The van der Waals surface area contributed by atoms with Gasteiger partial charge in [0, 0.05) is 18.7 Å². The summed E-state index contributed by atoms with van der Waals surface area (Å²) in [4.78, 5) is 4.38. The van der Waals surface area contributed by atoms with Crippen molar-refractivity contribution in [3.05, 3.63) is 35.7 Å². The quantitative estimate of drug-likeness (QED) is 0.909. The molecule has 1 aliphatic rings. The SMILES string of the molecule is Cc1ccccc1-c1noc(COC2(C)CNC2)n1. The van der Waals surface area contributed by atoms with Gasteiger partial charge in [0.2, 0.25) is 5.82 Å². The third-order valence-corrected chi connectivity index (χ3v) is 3.40. The highest BCUT2D eigenvalue weighted by molar-refractivity contribution is 5.58. The highest BCUT2D eigenvalue weighted by atomic mass is 16.5. The van der Waals surface area contributed by atoms with Crippen LogP contribution in [0.4, 0.5) is 0 Å². The molecule has 19 heavy (non-hydrogen) atoms. The van der Waals surface area contributed by atoms with Crippen LogP contribution in [0.5, 0.6) is 0 Å². The molecule has 1 N–H and O–H groups in total. The third-order valence-electron chi connectivity index (χ3n) is 3.40. The van der Waals surface area contributed by atoms with Gasteiger partial charge in [-0.2, -0.15) is 4.98 Å². The monoisotopic (exact) mass is 259 g/mol. The Labute approximate surface area is 112 Å². The first-order valence-corrected chi connectivity index (χ1v) is 6.40. The minimum absolute atomic E-state index is 0.0999. The molecule has 0 saturated carbocycles. The second-order valence-electron chi connectivity index (χ2n) is 5.17. The smallest absolute Gasteiger partial charge is 0.252 e. The fourth-order valence-corrected chi connectivity index (χ4v) is 2.06. The third kappa shape index (κ3) is 2.52. The van der Waals surface area contributed by atoms with Gasteiger partial charge in [-0.15, -0.1) is 0 Å². The lowest BCUT2D eigenvalue weighted by Gasteiger charge is -2.38. The molecular weight excluding hydrogens is 242 g/mol. The molecule has 0 amide bonds. The summed E-state index contributed by atoms with van der Waals surface area (Å²) in [5.74, 6) is 1.14. The van der Waals surface area contributed by atoms with Gasteiger partial charge in [0.1, 0.15) is 6.61 Å². The zero-order valence-electron chi connectivity index (χ0n) is 11.1. The van der Waals surface area contributed by atoms with E-state index in [9.17, 15) is 0 Å². The average Bonchev–Trinajstić information content (AvgIpc) is 2.83. The zero-order chi connectivity index (χ0) is 13.3. The van der Waals surface area contributed by atoms with Crippen LogP contribution < -0.4 is 5.32 Å². The van der Waals surface area contributed by atoms with E-state index in [0.29, 0.717) is 18.3 Å². The van der Waals surface area contributed by atoms with Crippen molar-refractivity contribution in [2.24, 2.45) is 0 Å². The van der Waals surface area contributed by atoms with Gasteiger partial charge >= 0.3 is 0 Å². The molecule has 1 fully saturated rings. The lowest BCUT2D eigenvalue weighted by atomic mass is 10.0. The Hall–Kier alpha value is -1.72. The summed E-state index contributed by atoms with van der Waals surface area (Å²) >= 11 is 0. The number of nitrogens with zero attached hydrogens (tertiary/aromatic N) is 2. The van der Waals surface area contributed by atoms with E-state index in [1.165, 1.54) is 0 Å². The van der Waals surface area contributed by atoms with Crippen molar-refractivity contribution in [2.75, 3.05) is 13.1 Å². The molecule has 1 aliphatic heterocycles. The maximum atomic E-state index is 5.77. The van der Waals surface area contributed by atoms with Gasteiger partial charge in [-0.25, -0.2) is 0 Å². The molecular formula is C14H17N3O2. The molecule has 3 rings (SSSR count). The molecule has 0 aliphatic carbocycles. The minimum atomic E-state index is -0.0999. The van der Waals surface area contributed by atoms with E-state index in [1.807, 2.05) is 31.2 Å². The van der Waals surface area contributed by atoms with Gasteiger partial charge in [0.25, 0.3) is 5.89 Å². The first-order chi connectivity index (χ1) is 9.16. The minimum Gasteiger partial charge on any atom is -0.363 e. The van der Waals surface area contributed by atoms with E-state index in [-0.39, 0.29) is 5.60 Å². The highest BCUT2D eigenvalue weighted by Gasteiger charge is 2.33. The van der Waals surface area contributed by atoms with Gasteiger partial charge in [-0.1, -0.05) is 29.4 Å². The molecule has 0 bridgehead atoms. The number of nitrogens with one attached hydrogen (secondary N) is 1. The van der Waals surface area contributed by atoms with E-state index in [1.54, 1.807) is 0 Å². The highest BCUT2D eigenvalue weighted by Crippen LogP contribution is 2.21. The largest absolute Gasteiger partial charge is 0.363 e. The Balaban J connectivity index is 1.71. The first-order valence-electron chi connectivity index (χ1n) is 6.40. The Morgan fingerprint density at radius 1 is 1.37 bits per heavy atom. The van der Waals surface area contributed by atoms with Gasteiger partial charge < -0.3 is 14.6 Å². The zero-order valence-corrected chi connectivity index (χ0v) is 11.1. The van der Waals surface area contributed by atoms with E-state index < -0.39 is 0 Å². The van der Waals surface area contributed by atoms with Crippen molar-refractivity contribution in [3.63, 3.8) is 0 Å². The van der Waals surface area contributed by atoms with Crippen LogP contribution in [0.3, 0.4) is 0 Å². The van der Waals surface area contributed by atoms with Crippen molar-refractivity contribution in [3.8, 4) is 11.4 Å². The summed E-state index contributed by atoms with van der Waals surface area (Å²) in [6.45, 7) is 6.19. The lowest BCUT2D eigenvalue weighted by Crippen LogP contribution is -2.58. The number of rotatable bonds is 4. The van der Waals surface area contributed by atoms with Crippen LogP contribution in [0, 0.1) is 6.92 Å². The average molecular weight is 259 g/mol. The second-order valence-corrected chi connectivity index (χ2v) is 5.17. The Bertz CT molecular complexity index is 576. The summed E-state index contributed by atoms with van der Waals surface area (Å²) in [7, 11) is 0. The van der Waals surface area contributed by atoms with Crippen molar-refractivity contribution in [2.45, 2.75) is 26.1 Å². The maximum Gasteiger partial charge on any atom is 0.252 e. The van der Waals surface area contributed by atoms with Crippen molar-refractivity contribution >= 4 is 0 Å². The molecule has 1 aromatic heterocycles. The van der Waals surface area contributed by atoms with Crippen LogP contribution in [0.15, 0.2) is 28.8 Å². The Kier molecular flexibility index (Phi) is 3.08. The predicted octanol–water partition coefficient (Wildman–Crippen LogP) is 1.92. The number of benzene rings is 1. The molecule has 1 aromatic carbocycles. The molecule has 5 nitrogen and oxygen atoms in total. The summed E-state index contributed by atoms with van der Waals surface area (Å²) < 4.78 is 11.0. The second kappa shape index (κ2) is 4.75. The topological polar surface area (TPSA) is 60.2 Å². The number of ether oxygens (including phenoxy) is 1. The number of aromatic nitrogens is 2. The molecule has 2 heterocycles. The van der Waals surface area contributed by atoms with E-state index in [2.05, 4.69) is 22.4 Å². The molecule has 100 valence electrons. The molecule has 1 saturated heterocycles. The molecule has 2 aromatic rings. The van der Waals surface area contributed by atoms with Crippen LogP contribution in [0.2, 0.25) is 0 Å². The number of hydrogen-bond acceptors (Lipinski definition) is 5. The number of aryl methyl sites for hydroxylation is 1. The van der Waals surface area contributed by atoms with Gasteiger partial charge in [0.15, 0.2) is 0 Å². The van der Waals surface area contributed by atoms with Crippen LogP contribution in [-0.4, -0.2) is 28.8 Å².